The molecule has 0 spiro atoms. The van der Waals surface area contributed by atoms with E-state index < -0.39 is 11.6 Å². The molecule has 1 heterocycles. The van der Waals surface area contributed by atoms with Gasteiger partial charge in [-0.05, 0) is 94.1 Å². The van der Waals surface area contributed by atoms with Gasteiger partial charge < -0.3 is 9.47 Å². The number of hydrogen-bond donors (Lipinski definition) is 0. The fourth-order valence-corrected chi connectivity index (χ4v) is 5.25. The molecular formula is C24H32F2O2. The Hall–Kier alpha value is -1.42. The van der Waals surface area contributed by atoms with Crippen LogP contribution in [0.2, 0.25) is 0 Å². The maximum absolute atomic E-state index is 14.2. The van der Waals surface area contributed by atoms with Crippen LogP contribution in [0.3, 0.4) is 0 Å². The largest absolute Gasteiger partial charge is 0.490 e. The lowest BCUT2D eigenvalue weighted by atomic mass is 9.69. The van der Waals surface area contributed by atoms with Gasteiger partial charge in [-0.15, -0.1) is 0 Å². The highest BCUT2D eigenvalue weighted by molar-refractivity contribution is 5.33. The van der Waals surface area contributed by atoms with Gasteiger partial charge in [-0.2, -0.15) is 4.39 Å². The maximum Gasteiger partial charge on any atom is 0.200 e. The summed E-state index contributed by atoms with van der Waals surface area (Å²) < 4.78 is 39.1. The van der Waals surface area contributed by atoms with E-state index in [1.165, 1.54) is 38.5 Å². The molecule has 1 atom stereocenters. The number of ether oxygens (including phenoxy) is 2. The third kappa shape index (κ3) is 4.59. The molecule has 2 saturated carbocycles. The van der Waals surface area contributed by atoms with Crippen LogP contribution in [0.4, 0.5) is 8.78 Å². The number of rotatable bonds is 6. The van der Waals surface area contributed by atoms with Crippen LogP contribution in [-0.4, -0.2) is 13.2 Å². The molecule has 0 amide bonds. The van der Waals surface area contributed by atoms with Crippen molar-refractivity contribution >= 4 is 0 Å². The molecule has 1 saturated heterocycles. The van der Waals surface area contributed by atoms with Crippen LogP contribution in [0.1, 0.15) is 70.0 Å². The molecule has 0 bridgehead atoms. The second-order valence-electron chi connectivity index (χ2n) is 8.90. The van der Waals surface area contributed by atoms with Gasteiger partial charge in [-0.25, -0.2) is 4.39 Å². The summed E-state index contributed by atoms with van der Waals surface area (Å²) in [6, 6.07) is 3.14. The van der Waals surface area contributed by atoms with Crippen LogP contribution >= 0.6 is 0 Å². The van der Waals surface area contributed by atoms with Crippen LogP contribution in [-0.2, 0) is 4.74 Å². The van der Waals surface area contributed by atoms with E-state index in [0.717, 1.165) is 30.6 Å². The standard InChI is InChI=1S/C24H32F2O2/c1-2-3-16-4-8-18(9-5-16)19-10-6-17(7-11-19)14-27-21-13-12-20(22-15-28-22)23(25)24(21)26/h2-3,12-13,16-19,22H,4-11,14-15H2,1H3/b3-2+. The van der Waals surface area contributed by atoms with Crippen molar-refractivity contribution < 1.29 is 18.3 Å². The molecule has 1 aromatic rings. The van der Waals surface area contributed by atoms with E-state index in [1.807, 2.05) is 0 Å². The SMILES string of the molecule is C/C=C/C1CCC(C2CCC(COc3ccc(C4CO4)c(F)c3F)CC2)CC1. The highest BCUT2D eigenvalue weighted by Gasteiger charge is 2.32. The van der Waals surface area contributed by atoms with Gasteiger partial charge >= 0.3 is 0 Å². The van der Waals surface area contributed by atoms with Crippen LogP contribution in [0.15, 0.2) is 24.3 Å². The van der Waals surface area contributed by atoms with Crippen molar-refractivity contribution in [3.8, 4) is 5.75 Å². The monoisotopic (exact) mass is 390 g/mol. The summed E-state index contributed by atoms with van der Waals surface area (Å²) in [5.74, 6) is 1.30. The van der Waals surface area contributed by atoms with Gasteiger partial charge in [0, 0.05) is 5.56 Å². The number of halogens is 2. The Bertz CT molecular complexity index is 682. The average Bonchev–Trinajstić information content (AvgIpc) is 3.56. The molecule has 1 unspecified atom stereocenters. The first-order valence-electron chi connectivity index (χ1n) is 11.0. The molecule has 0 N–H and O–H groups in total. The Kier molecular flexibility index (Phi) is 6.35. The molecule has 2 aliphatic carbocycles. The van der Waals surface area contributed by atoms with E-state index in [-0.39, 0.29) is 11.9 Å². The Morgan fingerprint density at radius 2 is 1.61 bits per heavy atom. The molecule has 3 fully saturated rings. The van der Waals surface area contributed by atoms with Crippen molar-refractivity contribution in [2.45, 2.75) is 64.4 Å². The minimum absolute atomic E-state index is 0.0336. The number of epoxide rings is 1. The van der Waals surface area contributed by atoms with Crippen molar-refractivity contribution in [3.63, 3.8) is 0 Å². The Morgan fingerprint density at radius 1 is 0.964 bits per heavy atom. The molecule has 4 rings (SSSR count). The fourth-order valence-electron chi connectivity index (χ4n) is 5.25. The highest BCUT2D eigenvalue weighted by atomic mass is 19.2. The number of hydrogen-bond acceptors (Lipinski definition) is 2. The van der Waals surface area contributed by atoms with Gasteiger partial charge in [-0.1, -0.05) is 12.2 Å². The summed E-state index contributed by atoms with van der Waals surface area (Å²) in [6.07, 6.45) is 14.5. The number of benzene rings is 1. The molecular weight excluding hydrogens is 358 g/mol. The van der Waals surface area contributed by atoms with E-state index in [4.69, 9.17) is 9.47 Å². The maximum atomic E-state index is 14.2. The van der Waals surface area contributed by atoms with Gasteiger partial charge in [-0.3, -0.25) is 0 Å². The predicted molar refractivity (Wildman–Crippen MR) is 106 cm³/mol. The zero-order valence-corrected chi connectivity index (χ0v) is 16.8. The molecule has 1 aliphatic heterocycles. The molecule has 0 radical (unpaired) electrons. The van der Waals surface area contributed by atoms with Gasteiger partial charge in [0.1, 0.15) is 6.10 Å². The third-order valence-electron chi connectivity index (χ3n) is 7.07. The molecule has 154 valence electrons. The van der Waals surface area contributed by atoms with Gasteiger partial charge in [0.2, 0.25) is 5.82 Å². The molecule has 4 heteroatoms. The van der Waals surface area contributed by atoms with Crippen LogP contribution in [0, 0.1) is 35.3 Å². The lowest BCUT2D eigenvalue weighted by Crippen LogP contribution is -2.27. The van der Waals surface area contributed by atoms with E-state index in [0.29, 0.717) is 24.7 Å². The second kappa shape index (κ2) is 8.94. The normalized spacial score (nSPS) is 33.2. The quantitative estimate of drug-likeness (QED) is 0.403. The molecule has 28 heavy (non-hydrogen) atoms. The Balaban J connectivity index is 1.22. The molecule has 3 aliphatic rings. The Labute approximate surface area is 167 Å². The summed E-state index contributed by atoms with van der Waals surface area (Å²) in [4.78, 5) is 0. The van der Waals surface area contributed by atoms with Crippen molar-refractivity contribution in [3.05, 3.63) is 41.5 Å². The first-order valence-corrected chi connectivity index (χ1v) is 11.0. The summed E-state index contributed by atoms with van der Waals surface area (Å²) in [7, 11) is 0. The fraction of sp³-hybridized carbons (Fsp3) is 0.667. The first-order chi connectivity index (χ1) is 13.7. The third-order valence-corrected chi connectivity index (χ3v) is 7.07. The average molecular weight is 391 g/mol. The summed E-state index contributed by atoms with van der Waals surface area (Å²) >= 11 is 0. The van der Waals surface area contributed by atoms with E-state index >= 15 is 0 Å². The molecule has 1 aromatic carbocycles. The van der Waals surface area contributed by atoms with Gasteiger partial charge in [0.25, 0.3) is 0 Å². The molecule has 0 aromatic heterocycles. The van der Waals surface area contributed by atoms with Crippen LogP contribution in [0.5, 0.6) is 5.75 Å². The van der Waals surface area contributed by atoms with Gasteiger partial charge in [0.05, 0.1) is 13.2 Å². The lowest BCUT2D eigenvalue weighted by Gasteiger charge is -2.37. The minimum Gasteiger partial charge on any atom is -0.490 e. The lowest BCUT2D eigenvalue weighted by molar-refractivity contribution is 0.127. The summed E-state index contributed by atoms with van der Waals surface area (Å²) in [5.41, 5.74) is 0.300. The molecule has 2 nitrogen and oxygen atoms in total. The van der Waals surface area contributed by atoms with Crippen LogP contribution in [0.25, 0.3) is 0 Å². The second-order valence-corrected chi connectivity index (χ2v) is 8.90. The zero-order chi connectivity index (χ0) is 19.5. The van der Waals surface area contributed by atoms with E-state index in [2.05, 4.69) is 19.1 Å². The van der Waals surface area contributed by atoms with Gasteiger partial charge in [0.15, 0.2) is 11.6 Å². The van der Waals surface area contributed by atoms with E-state index in [1.54, 1.807) is 12.1 Å². The van der Waals surface area contributed by atoms with Crippen LogP contribution < -0.4 is 4.74 Å². The van der Waals surface area contributed by atoms with E-state index in [9.17, 15) is 8.78 Å². The predicted octanol–water partition coefficient (Wildman–Crippen LogP) is 6.60. The highest BCUT2D eigenvalue weighted by Crippen LogP contribution is 2.42. The first kappa shape index (κ1) is 19.9. The smallest absolute Gasteiger partial charge is 0.200 e. The summed E-state index contributed by atoms with van der Waals surface area (Å²) in [5, 5.41) is 0. The summed E-state index contributed by atoms with van der Waals surface area (Å²) in [6.45, 7) is 3.07. The Morgan fingerprint density at radius 3 is 2.21 bits per heavy atom. The topological polar surface area (TPSA) is 21.8 Å². The zero-order valence-electron chi connectivity index (χ0n) is 16.8. The van der Waals surface area contributed by atoms with Crippen molar-refractivity contribution in [2.75, 3.05) is 13.2 Å². The van der Waals surface area contributed by atoms with Crippen molar-refractivity contribution in [2.24, 2.45) is 23.7 Å². The van der Waals surface area contributed by atoms with Crippen molar-refractivity contribution in [1.29, 1.82) is 0 Å². The number of allylic oxidation sites excluding steroid dienone is 2. The minimum atomic E-state index is -0.875. The van der Waals surface area contributed by atoms with Crippen molar-refractivity contribution in [1.82, 2.24) is 0 Å².